The fourth-order valence-electron chi connectivity index (χ4n) is 16.4. The lowest BCUT2D eigenvalue weighted by Crippen LogP contribution is -2.49. The number of phosphoric ester groups is 1. The second-order valence-corrected chi connectivity index (χ2v) is 44.5. The molecule has 138 heavy (non-hydrogen) atoms. The molecule has 3 saturated heterocycles. The van der Waals surface area contributed by atoms with Crippen LogP contribution in [0.3, 0.4) is 0 Å². The van der Waals surface area contributed by atoms with E-state index in [1.54, 1.807) is 65.3 Å². The number of amides is 1. The van der Waals surface area contributed by atoms with Crippen molar-refractivity contribution in [3.05, 3.63) is 229 Å². The van der Waals surface area contributed by atoms with Crippen LogP contribution in [0.25, 0.3) is 20.9 Å². The van der Waals surface area contributed by atoms with Gasteiger partial charge in [-0.25, -0.2) is 32.3 Å². The van der Waals surface area contributed by atoms with Crippen LogP contribution < -0.4 is 47.6 Å². The van der Waals surface area contributed by atoms with Crippen LogP contribution in [0.5, 0.6) is 17.2 Å². The Morgan fingerprint density at radius 2 is 1.22 bits per heavy atom. The molecular weight excluding hydrogens is 1830 g/mol. The van der Waals surface area contributed by atoms with Gasteiger partial charge in [-0.3, -0.25) is 71.3 Å². The number of ketones is 1. The molecule has 0 saturated carbocycles. The largest absolute Gasteiger partial charge is 0.497 e. The first-order chi connectivity index (χ1) is 66.0. The molecular formula is C99H133N11O25P2Si. The number of phosphoric acid groups is 1. The van der Waals surface area contributed by atoms with Gasteiger partial charge in [0.05, 0.1) is 53.4 Å². The minimum Gasteiger partial charge on any atom is -0.497 e. The van der Waals surface area contributed by atoms with Crippen molar-refractivity contribution in [2.24, 2.45) is 5.92 Å². The molecule has 0 aliphatic carbocycles. The summed E-state index contributed by atoms with van der Waals surface area (Å²) in [5, 5.41) is 2.16. The van der Waals surface area contributed by atoms with Gasteiger partial charge in [0.1, 0.15) is 97.0 Å². The highest BCUT2D eigenvalue weighted by Crippen LogP contribution is 2.56. The number of hydrogen-bond acceptors (Lipinski definition) is 27. The number of hydrogen-bond donors (Lipinski definition) is 3. The van der Waals surface area contributed by atoms with Crippen molar-refractivity contribution in [1.82, 2.24) is 38.2 Å². The van der Waals surface area contributed by atoms with Crippen molar-refractivity contribution >= 4 is 65.4 Å². The van der Waals surface area contributed by atoms with Gasteiger partial charge >= 0.3 is 33.8 Å². The Kier molecular flexibility index (Phi) is 39.7. The molecule has 36 nitrogen and oxygen atoms in total. The standard InChI is InChI=1S/C99H133N11O25P2Si/c1-18-19-20-21-22-23-24-25-26-27-28-29-30-31-32-36-51-123-76-55-70(54-65(4)69(76)8)93(117)110-92(116)67(6)59-108(97(110)119)83-56-77(131-84(112)48-39-68(7)111)80(130-83)62-128-137(120,127-53-50-101-13)134-78-57-82(107-58-66(5)90(114)106-96(107)118)129-79(78)61-126-136(125-52-49-100-12)133-86-81(60-124-99(71-37-34-33-35-38-71,72-40-44-74(121-14)45-41-72)73-42-46-75(122-15)47-43-73)132-94(87(86)135-138(16,17)98(9,10)11)109-63-102-85-88(109)103-95(105-91(85)115)104-89(113)64(2)3/h33-35,37-38,40-47,54-55,58-59,63-64,77-83,86-87,94H,18-32,36,39,48-53,56-57,60-62H2,1-11,14-17H3,(H,106,114,118)(H2,103,104,105,113,115)/t77-,78-,79-,80-,81-,82-,83-,86+,87?,94-,136?,137?/m1/s1. The Labute approximate surface area is 806 Å². The van der Waals surface area contributed by atoms with Crippen LogP contribution in [-0.2, 0) is 79.8 Å². The Morgan fingerprint density at radius 1 is 0.645 bits per heavy atom. The molecule has 4 aromatic heterocycles. The maximum absolute atomic E-state index is 16.0. The highest BCUT2D eigenvalue weighted by Gasteiger charge is 2.56. The number of aryl methyl sites for hydroxylation is 3. The predicted molar refractivity (Wildman–Crippen MR) is 520 cm³/mol. The second-order valence-electron chi connectivity index (χ2n) is 37.0. The molecule has 8 aromatic rings. The number of aromatic nitrogens is 8. The molecule has 3 fully saturated rings. The molecule has 0 spiro atoms. The zero-order valence-corrected chi connectivity index (χ0v) is 84.5. The minimum absolute atomic E-state index is 0.0106. The van der Waals surface area contributed by atoms with E-state index in [0.717, 1.165) is 40.4 Å². The molecule has 39 heteroatoms. The number of nitrogens with zero attached hydrogens (tertiary/aromatic N) is 8. The van der Waals surface area contributed by atoms with Gasteiger partial charge in [-0.05, 0) is 123 Å². The molecule has 3 aliphatic rings. The maximum atomic E-state index is 16.0. The van der Waals surface area contributed by atoms with E-state index in [1.807, 2.05) is 95.4 Å². The van der Waals surface area contributed by atoms with Gasteiger partial charge in [0.2, 0.25) is 24.9 Å². The molecule has 11 rings (SSSR count). The highest BCUT2D eigenvalue weighted by atomic mass is 31.2. The lowest BCUT2D eigenvalue weighted by atomic mass is 9.80. The number of carbonyl (C=O) groups is 4. The van der Waals surface area contributed by atoms with Crippen molar-refractivity contribution in [3.63, 3.8) is 0 Å². The summed E-state index contributed by atoms with van der Waals surface area (Å²) < 4.78 is 119. The molecule has 748 valence electrons. The number of H-pyrrole nitrogens is 2. The number of methoxy groups -OCH3 is 2. The number of rotatable bonds is 54. The van der Waals surface area contributed by atoms with Gasteiger partial charge in [0.25, 0.3) is 22.6 Å². The molecule has 3 unspecified atom stereocenters. The third kappa shape index (κ3) is 28.1. The highest BCUT2D eigenvalue weighted by molar-refractivity contribution is 7.48. The fourth-order valence-corrected chi connectivity index (χ4v) is 20.2. The van der Waals surface area contributed by atoms with Crippen LogP contribution >= 0.6 is 16.4 Å². The van der Waals surface area contributed by atoms with E-state index in [1.165, 1.54) is 127 Å². The number of anilines is 1. The number of nitrogens with one attached hydrogen (secondary N) is 3. The number of ether oxygens (including phenoxy) is 8. The van der Waals surface area contributed by atoms with Crippen molar-refractivity contribution in [2.75, 3.05) is 72.3 Å². The number of unbranched alkanes of at least 4 members (excludes halogenated alkanes) is 15. The van der Waals surface area contributed by atoms with E-state index in [-0.39, 0.29) is 85.0 Å². The monoisotopic (exact) mass is 1970 g/mol. The predicted octanol–water partition coefficient (Wildman–Crippen LogP) is 17.0. The van der Waals surface area contributed by atoms with Crippen LogP contribution in [0.15, 0.2) is 134 Å². The number of imidazole rings is 1. The van der Waals surface area contributed by atoms with Gasteiger partial charge in [0.15, 0.2) is 25.7 Å². The first-order valence-electron chi connectivity index (χ1n) is 47.6. The summed E-state index contributed by atoms with van der Waals surface area (Å²) in [7, 11) is -8.06. The zero-order valence-electron chi connectivity index (χ0n) is 81.7. The number of Topliss-reactive ketones (excluding diaryl/α,β-unsaturated/α-hetero) is 1. The summed E-state index contributed by atoms with van der Waals surface area (Å²) in [6.45, 7) is 36.2. The molecule has 1 amide bonds. The number of aromatic amines is 2. The summed E-state index contributed by atoms with van der Waals surface area (Å²) in [6.07, 6.45) is 7.96. The molecule has 0 radical (unpaired) electrons. The van der Waals surface area contributed by atoms with E-state index in [2.05, 4.69) is 36.9 Å². The minimum atomic E-state index is -5.19. The van der Waals surface area contributed by atoms with E-state index in [0.29, 0.717) is 50.7 Å². The smallest absolute Gasteiger partial charge is 0.475 e. The third-order valence-corrected chi connectivity index (χ3v) is 32.5. The van der Waals surface area contributed by atoms with Crippen molar-refractivity contribution < 1.29 is 93.2 Å². The molecule has 4 aromatic carbocycles. The Balaban J connectivity index is 0.906. The second kappa shape index (κ2) is 50.7. The number of fused-ring (bicyclic) bond motifs is 1. The lowest BCUT2D eigenvalue weighted by Gasteiger charge is -2.41. The Hall–Kier alpha value is -10.3. The van der Waals surface area contributed by atoms with Crippen LogP contribution in [0.2, 0.25) is 18.1 Å². The normalized spacial score (nSPS) is 19.6. The van der Waals surface area contributed by atoms with Crippen LogP contribution in [0, 0.1) is 46.8 Å². The van der Waals surface area contributed by atoms with Crippen LogP contribution in [0.4, 0.5) is 5.95 Å². The molecule has 0 bridgehead atoms. The topological polar surface area (TPSA) is 407 Å². The first-order valence-corrected chi connectivity index (χ1v) is 53.0. The summed E-state index contributed by atoms with van der Waals surface area (Å²) in [6, 6.07) is 27.3. The molecule has 12 atom stereocenters. The van der Waals surface area contributed by atoms with Gasteiger partial charge in [-0.15, -0.1) is 0 Å². The fraction of sp³-hybridized carbons (Fsp3) is 0.566. The summed E-state index contributed by atoms with van der Waals surface area (Å²) in [5.74, 6) is -1.81. The molecule has 3 N–H and O–H groups in total. The Bertz CT molecular complexity index is 5840. The quantitative estimate of drug-likeness (QED) is 0.00796. The third-order valence-electron chi connectivity index (χ3n) is 25.4. The lowest BCUT2D eigenvalue weighted by molar-refractivity contribution is -0.153. The van der Waals surface area contributed by atoms with Gasteiger partial charge in [0, 0.05) is 54.3 Å². The van der Waals surface area contributed by atoms with E-state index in [4.69, 9.17) is 87.6 Å². The SMILES string of the molecule is [C-]#[N+]CCOP(OC[C@H]1O[C@@H](n2cc(C)c(=O)[nH]c2=O)C[C@H]1OP(=O)(OCC[N+]#[C-])OC[C@H]1O[C@@H](n2cc(C)c(=O)n(C(=O)c3cc(C)c(C)c(OCCCCCCCCCCCCCCCCCC)c3)c2=O)C[C@H]1OC(=O)CCC(C)=O)O[C@@H]1C(O[Si](C)(C)C(C)(C)C)[C@H](n2cnc3c(=O)[nH]c(NC(=O)C(C)C)nc32)O[C@@H]1COC(c1ccccc1)(c1ccc(OC)cc1)c1ccc(OC)cc1. The number of benzene rings is 4. The average molecular weight is 1970 g/mol. The maximum Gasteiger partial charge on any atom is 0.475 e. The van der Waals surface area contributed by atoms with Crippen molar-refractivity contribution in [1.29, 1.82) is 0 Å². The van der Waals surface area contributed by atoms with E-state index < -0.39 is 175 Å². The zero-order chi connectivity index (χ0) is 99.6. The summed E-state index contributed by atoms with van der Waals surface area (Å²) in [5.41, 5.74) is -2.63. The summed E-state index contributed by atoms with van der Waals surface area (Å²) >= 11 is 0. The van der Waals surface area contributed by atoms with Gasteiger partial charge in [-0.2, -0.15) is 9.55 Å². The van der Waals surface area contributed by atoms with E-state index >= 15 is 9.36 Å². The van der Waals surface area contributed by atoms with Gasteiger partial charge in [-0.1, -0.05) is 192 Å². The Morgan fingerprint density at radius 3 is 1.82 bits per heavy atom. The van der Waals surface area contributed by atoms with Crippen LogP contribution in [0.1, 0.15) is 245 Å². The van der Waals surface area contributed by atoms with Crippen LogP contribution in [-0.4, -0.2) is 180 Å². The average Bonchev–Trinajstić information content (AvgIpc) is 1.48. The molecule has 7 heterocycles. The van der Waals surface area contributed by atoms with Gasteiger partial charge < -0.3 is 70.4 Å². The number of esters is 1. The van der Waals surface area contributed by atoms with E-state index in [9.17, 15) is 38.4 Å². The summed E-state index contributed by atoms with van der Waals surface area (Å²) in [4.78, 5) is 146. The number of carbonyl (C=O) groups excluding carboxylic acids is 4. The van der Waals surface area contributed by atoms with Crippen molar-refractivity contribution in [2.45, 2.75) is 290 Å². The van der Waals surface area contributed by atoms with Crippen molar-refractivity contribution in [3.8, 4) is 17.2 Å². The first kappa shape index (κ1) is 108. The molecule has 3 aliphatic heterocycles.